The van der Waals surface area contributed by atoms with E-state index in [4.69, 9.17) is 4.74 Å². The number of rotatable bonds is 5. The number of aromatic nitrogens is 4. The Morgan fingerprint density at radius 3 is 3.04 bits per heavy atom. The molecule has 0 aliphatic carbocycles. The van der Waals surface area contributed by atoms with Crippen LogP contribution in [0.3, 0.4) is 0 Å². The first-order chi connectivity index (χ1) is 13.2. The molecule has 0 spiro atoms. The average molecular weight is 376 g/mol. The number of fused-ring (bicyclic) bond motifs is 1. The zero-order valence-corrected chi connectivity index (χ0v) is 15.4. The molecule has 0 radical (unpaired) electrons. The lowest BCUT2D eigenvalue weighted by Gasteiger charge is -2.01. The van der Waals surface area contributed by atoms with Crippen LogP contribution in [-0.2, 0) is 23.2 Å². The maximum absolute atomic E-state index is 12.0. The van der Waals surface area contributed by atoms with Crippen LogP contribution in [0, 0.1) is 0 Å². The van der Waals surface area contributed by atoms with Crippen LogP contribution in [0.2, 0.25) is 0 Å². The third-order valence-corrected chi connectivity index (χ3v) is 4.87. The van der Waals surface area contributed by atoms with Crippen molar-refractivity contribution in [3.63, 3.8) is 0 Å². The van der Waals surface area contributed by atoms with E-state index < -0.39 is 5.97 Å². The highest BCUT2D eigenvalue weighted by Gasteiger charge is 2.08. The molecule has 1 aromatic carbocycles. The first kappa shape index (κ1) is 17.1. The molecule has 0 N–H and O–H groups in total. The molecule has 0 amide bonds. The Hall–Kier alpha value is -3.32. The molecule has 0 aliphatic heterocycles. The summed E-state index contributed by atoms with van der Waals surface area (Å²) in [6, 6.07) is 9.71. The summed E-state index contributed by atoms with van der Waals surface area (Å²) in [5, 5.41) is 7.90. The van der Waals surface area contributed by atoms with E-state index in [-0.39, 0.29) is 6.61 Å². The summed E-state index contributed by atoms with van der Waals surface area (Å²) in [7, 11) is 1.86. The zero-order chi connectivity index (χ0) is 18.6. The second-order valence-electron chi connectivity index (χ2n) is 5.91. The van der Waals surface area contributed by atoms with Gasteiger partial charge in [0.1, 0.15) is 11.6 Å². The second kappa shape index (κ2) is 7.51. The molecule has 4 rings (SSSR count). The van der Waals surface area contributed by atoms with Gasteiger partial charge in [-0.05, 0) is 12.1 Å². The van der Waals surface area contributed by atoms with Gasteiger partial charge in [0, 0.05) is 47.4 Å². The Labute approximate surface area is 159 Å². The number of hydrogen-bond acceptors (Lipinski definition) is 6. The maximum atomic E-state index is 12.0. The number of thiazole rings is 1. The molecule has 0 bridgehead atoms. The first-order valence-corrected chi connectivity index (χ1v) is 9.19. The highest BCUT2D eigenvalue weighted by atomic mass is 32.1. The van der Waals surface area contributed by atoms with Crippen molar-refractivity contribution in [1.29, 1.82) is 0 Å². The summed E-state index contributed by atoms with van der Waals surface area (Å²) in [4.78, 5) is 20.9. The number of para-hydroxylation sites is 1. The SMILES string of the molecule is Cn1cc(-c2nc(COC(=O)C=Cc3cccc4cccnc34)cs2)cn1. The smallest absolute Gasteiger partial charge is 0.331 e. The molecule has 7 heteroatoms. The Kier molecular flexibility index (Phi) is 4.76. The second-order valence-corrected chi connectivity index (χ2v) is 6.77. The Morgan fingerprint density at radius 2 is 2.19 bits per heavy atom. The van der Waals surface area contributed by atoms with Crippen LogP contribution in [0.15, 0.2) is 60.4 Å². The first-order valence-electron chi connectivity index (χ1n) is 8.31. The van der Waals surface area contributed by atoms with E-state index in [1.165, 1.54) is 17.4 Å². The van der Waals surface area contributed by atoms with Crippen LogP contribution in [0.5, 0.6) is 0 Å². The predicted octanol–water partition coefficient (Wildman–Crippen LogP) is 3.85. The van der Waals surface area contributed by atoms with Gasteiger partial charge in [-0.25, -0.2) is 9.78 Å². The van der Waals surface area contributed by atoms with Gasteiger partial charge in [-0.2, -0.15) is 5.10 Å². The van der Waals surface area contributed by atoms with E-state index >= 15 is 0 Å². The van der Waals surface area contributed by atoms with Crippen molar-refractivity contribution in [3.05, 3.63) is 71.6 Å². The normalized spacial score (nSPS) is 11.3. The van der Waals surface area contributed by atoms with Crippen LogP contribution in [0.1, 0.15) is 11.3 Å². The fraction of sp³-hybridized carbons (Fsp3) is 0.100. The largest absolute Gasteiger partial charge is 0.456 e. The lowest BCUT2D eigenvalue weighted by molar-refractivity contribution is -0.139. The molecule has 0 atom stereocenters. The third-order valence-electron chi connectivity index (χ3n) is 3.93. The van der Waals surface area contributed by atoms with Gasteiger partial charge in [0.15, 0.2) is 0 Å². The van der Waals surface area contributed by atoms with E-state index in [2.05, 4.69) is 15.1 Å². The zero-order valence-electron chi connectivity index (χ0n) is 14.6. The maximum Gasteiger partial charge on any atom is 0.331 e. The fourth-order valence-electron chi connectivity index (χ4n) is 2.65. The molecule has 6 nitrogen and oxygen atoms in total. The summed E-state index contributed by atoms with van der Waals surface area (Å²) in [6.45, 7) is 0.133. The van der Waals surface area contributed by atoms with Crippen molar-refractivity contribution in [2.24, 2.45) is 7.05 Å². The van der Waals surface area contributed by atoms with Crippen molar-refractivity contribution in [3.8, 4) is 10.6 Å². The van der Waals surface area contributed by atoms with Gasteiger partial charge in [-0.15, -0.1) is 11.3 Å². The quantitative estimate of drug-likeness (QED) is 0.391. The van der Waals surface area contributed by atoms with Gasteiger partial charge in [0.2, 0.25) is 0 Å². The molecule has 0 saturated carbocycles. The minimum atomic E-state index is -0.418. The van der Waals surface area contributed by atoms with Crippen molar-refractivity contribution >= 4 is 34.3 Å². The van der Waals surface area contributed by atoms with E-state index in [1.54, 1.807) is 23.2 Å². The standard InChI is InChI=1S/C20H16N4O2S/c1-24-11-16(10-22-24)20-23-17(13-27-20)12-26-18(25)8-7-15-5-2-4-14-6-3-9-21-19(14)15/h2-11,13H,12H2,1H3. The van der Waals surface area contributed by atoms with Crippen molar-refractivity contribution < 1.29 is 9.53 Å². The van der Waals surface area contributed by atoms with Crippen molar-refractivity contribution in [2.75, 3.05) is 0 Å². The summed E-state index contributed by atoms with van der Waals surface area (Å²) in [5.74, 6) is -0.418. The Balaban J connectivity index is 1.40. The van der Waals surface area contributed by atoms with E-state index in [1.807, 2.05) is 49.0 Å². The minimum Gasteiger partial charge on any atom is -0.456 e. The molecule has 0 aliphatic rings. The lowest BCUT2D eigenvalue weighted by atomic mass is 10.1. The average Bonchev–Trinajstić information content (AvgIpc) is 3.33. The van der Waals surface area contributed by atoms with Gasteiger partial charge < -0.3 is 4.74 Å². The molecule has 0 fully saturated rings. The molecule has 3 heterocycles. The molecule has 0 saturated heterocycles. The summed E-state index contributed by atoms with van der Waals surface area (Å²) >= 11 is 1.50. The number of pyridine rings is 1. The topological polar surface area (TPSA) is 69.9 Å². The summed E-state index contributed by atoms with van der Waals surface area (Å²) in [6.07, 6.45) is 8.53. The van der Waals surface area contributed by atoms with Crippen molar-refractivity contribution in [2.45, 2.75) is 6.61 Å². The monoisotopic (exact) mass is 376 g/mol. The highest BCUT2D eigenvalue weighted by molar-refractivity contribution is 7.13. The van der Waals surface area contributed by atoms with Crippen LogP contribution < -0.4 is 0 Å². The third kappa shape index (κ3) is 3.93. The van der Waals surface area contributed by atoms with Gasteiger partial charge >= 0.3 is 5.97 Å². The van der Waals surface area contributed by atoms with E-state index in [9.17, 15) is 4.79 Å². The number of esters is 1. The fourth-order valence-corrected chi connectivity index (χ4v) is 3.43. The Morgan fingerprint density at radius 1 is 1.30 bits per heavy atom. The molecular formula is C20H16N4O2S. The van der Waals surface area contributed by atoms with Crippen molar-refractivity contribution in [1.82, 2.24) is 19.7 Å². The van der Waals surface area contributed by atoms with Gasteiger partial charge in [0.25, 0.3) is 0 Å². The minimum absolute atomic E-state index is 0.133. The molecule has 4 aromatic rings. The van der Waals surface area contributed by atoms with Crippen LogP contribution in [-0.4, -0.2) is 25.7 Å². The summed E-state index contributed by atoms with van der Waals surface area (Å²) < 4.78 is 7.02. The number of carbonyl (C=O) groups is 1. The number of benzene rings is 1. The molecular weight excluding hydrogens is 360 g/mol. The van der Waals surface area contributed by atoms with Gasteiger partial charge in [-0.3, -0.25) is 9.67 Å². The number of nitrogens with zero attached hydrogens (tertiary/aromatic N) is 4. The lowest BCUT2D eigenvalue weighted by Crippen LogP contribution is -2.01. The number of hydrogen-bond donors (Lipinski definition) is 0. The van der Waals surface area contributed by atoms with Crippen LogP contribution in [0.25, 0.3) is 27.6 Å². The Bertz CT molecular complexity index is 1120. The van der Waals surface area contributed by atoms with Crippen LogP contribution >= 0.6 is 11.3 Å². The van der Waals surface area contributed by atoms with E-state index in [0.717, 1.165) is 27.0 Å². The number of carbonyl (C=O) groups excluding carboxylic acids is 1. The van der Waals surface area contributed by atoms with Gasteiger partial charge in [0.05, 0.1) is 17.4 Å². The molecule has 134 valence electrons. The highest BCUT2D eigenvalue weighted by Crippen LogP contribution is 2.23. The van der Waals surface area contributed by atoms with E-state index in [0.29, 0.717) is 5.69 Å². The van der Waals surface area contributed by atoms with Gasteiger partial charge in [-0.1, -0.05) is 24.3 Å². The molecule has 3 aromatic heterocycles. The number of aryl methyl sites for hydroxylation is 1. The number of ether oxygens (including phenoxy) is 1. The van der Waals surface area contributed by atoms with Crippen LogP contribution in [0.4, 0.5) is 0 Å². The molecule has 0 unspecified atom stereocenters. The molecule has 27 heavy (non-hydrogen) atoms. The summed E-state index contributed by atoms with van der Waals surface area (Å²) in [5.41, 5.74) is 3.39. The predicted molar refractivity (Wildman–Crippen MR) is 105 cm³/mol.